The van der Waals surface area contributed by atoms with Crippen molar-refractivity contribution < 1.29 is 5.11 Å². The lowest BCUT2D eigenvalue weighted by Crippen LogP contribution is -2.25. The highest BCUT2D eigenvalue weighted by Crippen LogP contribution is 2.25. The number of hydrogen-bond donors (Lipinski definition) is 4. The minimum atomic E-state index is -0.488. The molecule has 1 saturated heterocycles. The number of rotatable bonds is 6. The smallest absolute Gasteiger partial charge is 0.326 e. The number of anilines is 2. The molecule has 0 unspecified atom stereocenters. The van der Waals surface area contributed by atoms with Crippen molar-refractivity contribution in [1.29, 1.82) is 0 Å². The quantitative estimate of drug-likeness (QED) is 0.332. The first-order valence-electron chi connectivity index (χ1n) is 11.5. The molecule has 1 saturated carbocycles. The van der Waals surface area contributed by atoms with Crippen molar-refractivity contribution in [3.8, 4) is 5.88 Å². The number of fused-ring (bicyclic) bond motifs is 1. The van der Waals surface area contributed by atoms with Gasteiger partial charge < -0.3 is 20.3 Å². The van der Waals surface area contributed by atoms with Crippen molar-refractivity contribution in [2.75, 3.05) is 23.3 Å². The number of imidazole rings is 1. The van der Waals surface area contributed by atoms with Gasteiger partial charge in [-0.2, -0.15) is 19.6 Å². The lowest BCUT2D eigenvalue weighted by Gasteiger charge is -2.21. The predicted molar refractivity (Wildman–Crippen MR) is 126 cm³/mol. The number of aromatic hydroxyl groups is 1. The molecule has 6 rings (SSSR count). The number of benzene rings is 1. The average Bonchev–Trinajstić information content (AvgIpc) is 3.20. The summed E-state index contributed by atoms with van der Waals surface area (Å²) in [7, 11) is 0. The Labute approximate surface area is 193 Å². The fraction of sp³-hybridized carbons (Fsp3) is 0.348. The van der Waals surface area contributed by atoms with E-state index in [1.165, 1.54) is 24.1 Å². The van der Waals surface area contributed by atoms with Crippen LogP contribution >= 0.6 is 0 Å². The topological polar surface area (TPSA) is 140 Å². The Morgan fingerprint density at radius 1 is 1.18 bits per heavy atom. The molecular weight excluding hydrogens is 434 g/mol. The predicted octanol–water partition coefficient (Wildman–Crippen LogP) is 0.669. The average molecular weight is 460 g/mol. The standard InChI is InChI=1S/C23H25N9O2/c33-20-17(27-23(34)29-20)11-15-13-25-32-19(15)28-21(30-22(32)26-16-7-8-16)24-12-14-5-1-2-6-18(14)31-9-3-4-10-31/h1-2,5-6,11,13,16,33H,3-4,7-10,12H2,(H,24,26,30)(H2,27,29,34)/b15-11-. The first-order chi connectivity index (χ1) is 16.6. The normalized spacial score (nSPS) is 17.2. The molecule has 4 heterocycles. The van der Waals surface area contributed by atoms with Crippen LogP contribution in [0, 0.1) is 0 Å². The maximum Gasteiger partial charge on any atom is 0.326 e. The fourth-order valence-electron chi connectivity index (χ4n) is 4.26. The van der Waals surface area contributed by atoms with E-state index in [0.717, 1.165) is 25.9 Å². The number of aromatic amines is 2. The molecule has 0 spiro atoms. The number of aromatic nitrogens is 6. The van der Waals surface area contributed by atoms with Crippen LogP contribution in [0.5, 0.6) is 5.88 Å². The Morgan fingerprint density at radius 3 is 2.76 bits per heavy atom. The molecule has 1 aliphatic heterocycles. The molecule has 2 aliphatic rings. The summed E-state index contributed by atoms with van der Waals surface area (Å²) in [5.74, 6) is 0.211. The van der Waals surface area contributed by atoms with E-state index in [-0.39, 0.29) is 17.6 Å². The summed E-state index contributed by atoms with van der Waals surface area (Å²) in [6.45, 7) is 2.73. The van der Waals surface area contributed by atoms with Crippen LogP contribution in [0.3, 0.4) is 0 Å². The summed E-state index contributed by atoms with van der Waals surface area (Å²) < 4.78 is 1.59. The second-order valence-corrected chi connectivity index (χ2v) is 8.70. The highest BCUT2D eigenvalue weighted by molar-refractivity contribution is 5.58. The molecule has 1 aliphatic carbocycles. The van der Waals surface area contributed by atoms with Crippen LogP contribution in [-0.2, 0) is 6.54 Å². The number of hydrogen-bond acceptors (Lipinski definition) is 8. The third-order valence-electron chi connectivity index (χ3n) is 6.13. The Morgan fingerprint density at radius 2 is 2.00 bits per heavy atom. The van der Waals surface area contributed by atoms with Gasteiger partial charge in [-0.25, -0.2) is 9.79 Å². The SMILES string of the molecule is O=c1[nH]c(O)c(/C=c2/cnn3c(=NC4CC4)nc(NCc4ccccc4N4CCCC4)nc23)[nH]1. The van der Waals surface area contributed by atoms with Crippen LogP contribution in [0.15, 0.2) is 40.2 Å². The summed E-state index contributed by atoms with van der Waals surface area (Å²) in [6.07, 6.45) is 7.75. The highest BCUT2D eigenvalue weighted by atomic mass is 16.3. The molecule has 34 heavy (non-hydrogen) atoms. The van der Waals surface area contributed by atoms with Gasteiger partial charge in [-0.3, -0.25) is 4.98 Å². The second-order valence-electron chi connectivity index (χ2n) is 8.70. The Bertz CT molecular complexity index is 1520. The van der Waals surface area contributed by atoms with Crippen LogP contribution in [0.1, 0.15) is 36.9 Å². The lowest BCUT2D eigenvalue weighted by molar-refractivity contribution is 0.454. The minimum absolute atomic E-state index is 0.238. The number of H-pyrrole nitrogens is 2. The third kappa shape index (κ3) is 4.00. The van der Waals surface area contributed by atoms with Gasteiger partial charge in [-0.15, -0.1) is 0 Å². The van der Waals surface area contributed by atoms with E-state index >= 15 is 0 Å². The first kappa shape index (κ1) is 20.5. The zero-order valence-electron chi connectivity index (χ0n) is 18.5. The van der Waals surface area contributed by atoms with E-state index in [9.17, 15) is 9.90 Å². The largest absolute Gasteiger partial charge is 0.493 e. The molecule has 1 aromatic carbocycles. The minimum Gasteiger partial charge on any atom is -0.493 e. The van der Waals surface area contributed by atoms with Crippen molar-refractivity contribution >= 4 is 23.4 Å². The molecule has 3 aromatic heterocycles. The van der Waals surface area contributed by atoms with Gasteiger partial charge in [-0.05, 0) is 43.4 Å². The van der Waals surface area contributed by atoms with Crippen molar-refractivity contribution in [3.63, 3.8) is 0 Å². The summed E-state index contributed by atoms with van der Waals surface area (Å²) in [5.41, 5.74) is 3.21. The van der Waals surface area contributed by atoms with Gasteiger partial charge in [0.05, 0.1) is 12.2 Å². The summed E-state index contributed by atoms with van der Waals surface area (Å²) in [5, 5.41) is 18.4. The van der Waals surface area contributed by atoms with Crippen LogP contribution < -0.4 is 26.7 Å². The molecular formula is C23H25N9O2. The van der Waals surface area contributed by atoms with Gasteiger partial charge in [0.15, 0.2) is 5.65 Å². The van der Waals surface area contributed by atoms with Gasteiger partial charge in [0.2, 0.25) is 11.8 Å². The van der Waals surface area contributed by atoms with Crippen molar-refractivity contribution in [2.24, 2.45) is 4.99 Å². The molecule has 2 fully saturated rings. The summed E-state index contributed by atoms with van der Waals surface area (Å²) in [4.78, 5) is 32.8. The second kappa shape index (κ2) is 8.32. The maximum absolute atomic E-state index is 11.5. The van der Waals surface area contributed by atoms with Crippen LogP contribution in [0.4, 0.5) is 11.6 Å². The lowest BCUT2D eigenvalue weighted by atomic mass is 10.1. The number of nitrogens with one attached hydrogen (secondary N) is 3. The van der Waals surface area contributed by atoms with E-state index in [0.29, 0.717) is 29.0 Å². The molecule has 0 bridgehead atoms. The van der Waals surface area contributed by atoms with Gasteiger partial charge in [0, 0.05) is 30.5 Å². The van der Waals surface area contributed by atoms with Crippen molar-refractivity contribution in [2.45, 2.75) is 38.3 Å². The monoisotopic (exact) mass is 459 g/mol. The zero-order chi connectivity index (χ0) is 23.1. The fourth-order valence-corrected chi connectivity index (χ4v) is 4.26. The van der Waals surface area contributed by atoms with E-state index in [1.807, 2.05) is 6.07 Å². The summed E-state index contributed by atoms with van der Waals surface area (Å²) in [6, 6.07) is 8.65. The van der Waals surface area contributed by atoms with Crippen LogP contribution in [0.25, 0.3) is 11.7 Å². The summed E-state index contributed by atoms with van der Waals surface area (Å²) >= 11 is 0. The molecule has 4 N–H and O–H groups in total. The number of nitrogens with zero attached hydrogens (tertiary/aromatic N) is 6. The van der Waals surface area contributed by atoms with Gasteiger partial charge in [0.25, 0.3) is 5.62 Å². The van der Waals surface area contributed by atoms with E-state index in [2.05, 4.69) is 53.5 Å². The maximum atomic E-state index is 11.5. The Kier molecular flexibility index (Phi) is 5.01. The van der Waals surface area contributed by atoms with E-state index in [4.69, 9.17) is 4.99 Å². The molecule has 11 nitrogen and oxygen atoms in total. The Hall–Kier alpha value is -4.15. The molecule has 0 radical (unpaired) electrons. The molecule has 11 heteroatoms. The molecule has 0 amide bonds. The van der Waals surface area contributed by atoms with E-state index in [1.54, 1.807) is 16.8 Å². The van der Waals surface area contributed by atoms with E-state index < -0.39 is 5.69 Å². The van der Waals surface area contributed by atoms with Gasteiger partial charge in [-0.1, -0.05) is 18.2 Å². The van der Waals surface area contributed by atoms with Crippen molar-refractivity contribution in [3.05, 3.63) is 63.0 Å². The van der Waals surface area contributed by atoms with Gasteiger partial charge >= 0.3 is 5.69 Å². The number of para-hydroxylation sites is 1. The molecule has 4 aromatic rings. The van der Waals surface area contributed by atoms with Crippen LogP contribution in [0.2, 0.25) is 0 Å². The van der Waals surface area contributed by atoms with Crippen molar-refractivity contribution in [1.82, 2.24) is 29.5 Å². The third-order valence-corrected chi connectivity index (χ3v) is 6.13. The highest BCUT2D eigenvalue weighted by Gasteiger charge is 2.21. The zero-order valence-corrected chi connectivity index (χ0v) is 18.5. The van der Waals surface area contributed by atoms with Crippen LogP contribution in [-0.4, -0.2) is 53.8 Å². The molecule has 174 valence electrons. The molecule has 0 atom stereocenters. The van der Waals surface area contributed by atoms with Gasteiger partial charge in [0.1, 0.15) is 5.69 Å². The Balaban J connectivity index is 1.39. The first-order valence-corrected chi connectivity index (χ1v) is 11.5.